The average molecular weight is 160 g/mol. The first-order chi connectivity index (χ1) is 5.79. The van der Waals surface area contributed by atoms with Crippen LogP contribution in [0.1, 0.15) is 18.7 Å². The molecular formula is C10H12N2. The second kappa shape index (κ2) is 2.64. The number of rotatable bonds is 1. The molecule has 0 aliphatic rings. The average Bonchev–Trinajstić information content (AvgIpc) is 2.49. The maximum atomic E-state index is 5.82. The SMILES string of the molecule is CC(N)c1cccc2cccn12. The highest BCUT2D eigenvalue weighted by molar-refractivity contribution is 5.48. The molecule has 0 saturated carbocycles. The van der Waals surface area contributed by atoms with Crippen molar-refractivity contribution in [1.29, 1.82) is 0 Å². The first kappa shape index (κ1) is 7.37. The summed E-state index contributed by atoms with van der Waals surface area (Å²) in [6.07, 6.45) is 2.04. The number of nitrogens with zero attached hydrogens (tertiary/aromatic N) is 1. The maximum absolute atomic E-state index is 5.82. The highest BCUT2D eigenvalue weighted by Crippen LogP contribution is 2.13. The molecule has 0 aliphatic carbocycles. The van der Waals surface area contributed by atoms with Crippen LogP contribution in [0.25, 0.3) is 5.52 Å². The molecular weight excluding hydrogens is 148 g/mol. The van der Waals surface area contributed by atoms with Crippen LogP contribution in [-0.2, 0) is 0 Å². The first-order valence-electron chi connectivity index (χ1n) is 4.10. The Morgan fingerprint density at radius 2 is 2.00 bits per heavy atom. The van der Waals surface area contributed by atoms with Gasteiger partial charge in [-0.2, -0.15) is 0 Å². The van der Waals surface area contributed by atoms with E-state index in [0.717, 1.165) is 5.69 Å². The zero-order valence-electron chi connectivity index (χ0n) is 7.07. The molecule has 2 N–H and O–H groups in total. The molecule has 2 aromatic heterocycles. The van der Waals surface area contributed by atoms with Crippen molar-refractivity contribution in [3.8, 4) is 0 Å². The Morgan fingerprint density at radius 1 is 1.25 bits per heavy atom. The summed E-state index contributed by atoms with van der Waals surface area (Å²) in [5, 5.41) is 0. The van der Waals surface area contributed by atoms with Crippen LogP contribution in [0.15, 0.2) is 36.5 Å². The fourth-order valence-corrected chi connectivity index (χ4v) is 1.46. The highest BCUT2D eigenvalue weighted by atomic mass is 14.9. The van der Waals surface area contributed by atoms with Gasteiger partial charge in [-0.15, -0.1) is 0 Å². The molecule has 2 nitrogen and oxygen atoms in total. The molecule has 0 amide bonds. The molecule has 0 aliphatic heterocycles. The van der Waals surface area contributed by atoms with E-state index >= 15 is 0 Å². The highest BCUT2D eigenvalue weighted by Gasteiger charge is 2.02. The molecule has 62 valence electrons. The molecule has 0 saturated heterocycles. The van der Waals surface area contributed by atoms with E-state index in [1.54, 1.807) is 0 Å². The van der Waals surface area contributed by atoms with Gasteiger partial charge in [0.2, 0.25) is 0 Å². The minimum atomic E-state index is 0.0844. The van der Waals surface area contributed by atoms with Crippen molar-refractivity contribution in [2.75, 3.05) is 0 Å². The zero-order valence-corrected chi connectivity index (χ0v) is 7.07. The Morgan fingerprint density at radius 3 is 2.75 bits per heavy atom. The van der Waals surface area contributed by atoms with E-state index in [-0.39, 0.29) is 6.04 Å². The molecule has 0 fully saturated rings. The third-order valence-electron chi connectivity index (χ3n) is 2.06. The van der Waals surface area contributed by atoms with Gasteiger partial charge < -0.3 is 10.1 Å². The van der Waals surface area contributed by atoms with Crippen LogP contribution in [0.5, 0.6) is 0 Å². The topological polar surface area (TPSA) is 30.4 Å². The minimum Gasteiger partial charge on any atom is -0.323 e. The van der Waals surface area contributed by atoms with Crippen LogP contribution in [0.2, 0.25) is 0 Å². The smallest absolute Gasteiger partial charge is 0.0453 e. The summed E-state index contributed by atoms with van der Waals surface area (Å²) in [6.45, 7) is 1.99. The fourth-order valence-electron chi connectivity index (χ4n) is 1.46. The van der Waals surface area contributed by atoms with Gasteiger partial charge in [0, 0.05) is 23.4 Å². The lowest BCUT2D eigenvalue weighted by molar-refractivity contribution is 0.764. The van der Waals surface area contributed by atoms with Gasteiger partial charge in [0.25, 0.3) is 0 Å². The van der Waals surface area contributed by atoms with E-state index in [4.69, 9.17) is 5.73 Å². The first-order valence-corrected chi connectivity index (χ1v) is 4.10. The summed E-state index contributed by atoms with van der Waals surface area (Å²) in [4.78, 5) is 0. The van der Waals surface area contributed by atoms with Crippen molar-refractivity contribution >= 4 is 5.52 Å². The number of pyridine rings is 1. The van der Waals surface area contributed by atoms with Gasteiger partial charge in [-0.25, -0.2) is 0 Å². The number of nitrogens with two attached hydrogens (primary N) is 1. The van der Waals surface area contributed by atoms with E-state index in [1.165, 1.54) is 5.52 Å². The second-order valence-electron chi connectivity index (χ2n) is 3.04. The van der Waals surface area contributed by atoms with Gasteiger partial charge in [-0.3, -0.25) is 0 Å². The Balaban J connectivity index is 2.73. The van der Waals surface area contributed by atoms with Crippen LogP contribution >= 0.6 is 0 Å². The van der Waals surface area contributed by atoms with Crippen LogP contribution in [0, 0.1) is 0 Å². The largest absolute Gasteiger partial charge is 0.323 e. The number of aromatic nitrogens is 1. The van der Waals surface area contributed by atoms with Gasteiger partial charge in [0.1, 0.15) is 0 Å². The third-order valence-corrected chi connectivity index (χ3v) is 2.06. The van der Waals surface area contributed by atoms with Crippen LogP contribution in [0.3, 0.4) is 0 Å². The molecule has 2 heterocycles. The molecule has 2 heteroatoms. The van der Waals surface area contributed by atoms with Crippen molar-refractivity contribution in [2.24, 2.45) is 5.73 Å². The predicted octanol–water partition coefficient (Wildman–Crippen LogP) is 1.96. The predicted molar refractivity (Wildman–Crippen MR) is 50.0 cm³/mol. The van der Waals surface area contributed by atoms with E-state index in [2.05, 4.69) is 22.6 Å². The number of hydrogen-bond donors (Lipinski definition) is 1. The Bertz CT molecular complexity index is 387. The van der Waals surface area contributed by atoms with Gasteiger partial charge in [-0.05, 0) is 31.2 Å². The maximum Gasteiger partial charge on any atom is 0.0453 e. The van der Waals surface area contributed by atoms with Crippen molar-refractivity contribution in [1.82, 2.24) is 4.40 Å². The molecule has 0 radical (unpaired) electrons. The zero-order chi connectivity index (χ0) is 8.55. The molecule has 0 bridgehead atoms. The molecule has 2 aromatic rings. The van der Waals surface area contributed by atoms with Crippen molar-refractivity contribution in [3.05, 3.63) is 42.2 Å². The lowest BCUT2D eigenvalue weighted by Crippen LogP contribution is -2.09. The Hall–Kier alpha value is -1.28. The van der Waals surface area contributed by atoms with E-state index < -0.39 is 0 Å². The van der Waals surface area contributed by atoms with E-state index in [9.17, 15) is 0 Å². The molecule has 2 rings (SSSR count). The normalized spacial score (nSPS) is 13.5. The molecule has 0 aromatic carbocycles. The monoisotopic (exact) mass is 160 g/mol. The second-order valence-corrected chi connectivity index (χ2v) is 3.04. The van der Waals surface area contributed by atoms with Gasteiger partial charge in [0.15, 0.2) is 0 Å². The van der Waals surface area contributed by atoms with E-state index in [1.807, 2.05) is 25.3 Å². The lowest BCUT2D eigenvalue weighted by atomic mass is 10.2. The van der Waals surface area contributed by atoms with E-state index in [0.29, 0.717) is 0 Å². The van der Waals surface area contributed by atoms with Gasteiger partial charge in [0.05, 0.1) is 0 Å². The lowest BCUT2D eigenvalue weighted by Gasteiger charge is -2.08. The summed E-state index contributed by atoms with van der Waals surface area (Å²) in [6, 6.07) is 10.4. The summed E-state index contributed by atoms with van der Waals surface area (Å²) in [5.41, 5.74) is 8.17. The Kier molecular flexibility index (Phi) is 1.62. The number of hydrogen-bond acceptors (Lipinski definition) is 1. The quantitative estimate of drug-likeness (QED) is 0.679. The number of fused-ring (bicyclic) bond motifs is 1. The molecule has 0 spiro atoms. The van der Waals surface area contributed by atoms with Crippen LogP contribution < -0.4 is 5.73 Å². The summed E-state index contributed by atoms with van der Waals surface area (Å²) < 4.78 is 2.12. The Labute approximate surface area is 71.6 Å². The van der Waals surface area contributed by atoms with Crippen LogP contribution in [0.4, 0.5) is 0 Å². The summed E-state index contributed by atoms with van der Waals surface area (Å²) in [5.74, 6) is 0. The third kappa shape index (κ3) is 1.01. The molecule has 1 unspecified atom stereocenters. The molecule has 1 atom stereocenters. The van der Waals surface area contributed by atoms with Gasteiger partial charge >= 0.3 is 0 Å². The van der Waals surface area contributed by atoms with Crippen molar-refractivity contribution in [2.45, 2.75) is 13.0 Å². The van der Waals surface area contributed by atoms with Crippen LogP contribution in [-0.4, -0.2) is 4.40 Å². The minimum absolute atomic E-state index is 0.0844. The summed E-state index contributed by atoms with van der Waals surface area (Å²) in [7, 11) is 0. The van der Waals surface area contributed by atoms with Crippen molar-refractivity contribution in [3.63, 3.8) is 0 Å². The van der Waals surface area contributed by atoms with Gasteiger partial charge in [-0.1, -0.05) is 6.07 Å². The fraction of sp³-hybridized carbons (Fsp3) is 0.200. The van der Waals surface area contributed by atoms with Crippen molar-refractivity contribution < 1.29 is 0 Å². The molecule has 12 heavy (non-hydrogen) atoms. The standard InChI is InChI=1S/C10H12N2/c1-8(11)10-6-2-4-9-5-3-7-12(9)10/h2-8H,11H2,1H3. The summed E-state index contributed by atoms with van der Waals surface area (Å²) >= 11 is 0.